The first-order valence-corrected chi connectivity index (χ1v) is 8.43. The third-order valence-corrected chi connectivity index (χ3v) is 4.51. The fourth-order valence-electron chi connectivity index (χ4n) is 2.88. The molecular formula is C20H35N. The van der Waals surface area contributed by atoms with Crippen molar-refractivity contribution in [1.29, 1.82) is 0 Å². The van der Waals surface area contributed by atoms with Crippen molar-refractivity contribution in [3.8, 4) is 0 Å². The largest absolute Gasteiger partial charge is 0.317 e. The molecule has 0 aliphatic rings. The van der Waals surface area contributed by atoms with Gasteiger partial charge in [-0.2, -0.15) is 0 Å². The average Bonchev–Trinajstić information content (AvgIpc) is 2.35. The van der Waals surface area contributed by atoms with E-state index in [-0.39, 0.29) is 5.41 Å². The zero-order valence-electron chi connectivity index (χ0n) is 15.4. The molecular weight excluding hydrogens is 254 g/mol. The van der Waals surface area contributed by atoms with Crippen LogP contribution in [-0.4, -0.2) is 13.1 Å². The fourth-order valence-corrected chi connectivity index (χ4v) is 2.88. The van der Waals surface area contributed by atoms with E-state index < -0.39 is 0 Å². The first-order chi connectivity index (χ1) is 9.65. The van der Waals surface area contributed by atoms with Gasteiger partial charge in [-0.15, -0.1) is 0 Å². The molecule has 0 aromatic heterocycles. The predicted molar refractivity (Wildman–Crippen MR) is 95.2 cm³/mol. The molecule has 0 saturated heterocycles. The number of likely N-dealkylation sites (N-methyl/N-ethyl adjacent to an activating group) is 1. The monoisotopic (exact) mass is 289 g/mol. The van der Waals surface area contributed by atoms with Crippen molar-refractivity contribution in [2.75, 3.05) is 7.05 Å². The van der Waals surface area contributed by atoms with E-state index in [0.29, 0.717) is 6.04 Å². The quantitative estimate of drug-likeness (QED) is 0.762. The third-order valence-electron chi connectivity index (χ3n) is 4.51. The second-order valence-electron chi connectivity index (χ2n) is 8.00. The lowest BCUT2D eigenvalue weighted by atomic mass is 9.82. The van der Waals surface area contributed by atoms with E-state index in [4.69, 9.17) is 0 Å². The Morgan fingerprint density at radius 2 is 1.52 bits per heavy atom. The molecule has 1 heteroatoms. The fraction of sp³-hybridized carbons (Fsp3) is 0.700. The van der Waals surface area contributed by atoms with Gasteiger partial charge in [-0.3, -0.25) is 0 Å². The van der Waals surface area contributed by atoms with Crippen LogP contribution in [-0.2, 0) is 11.8 Å². The normalized spacial score (nSPS) is 13.8. The minimum Gasteiger partial charge on any atom is -0.317 e. The van der Waals surface area contributed by atoms with Crippen LogP contribution in [0.2, 0.25) is 0 Å². The summed E-state index contributed by atoms with van der Waals surface area (Å²) in [6, 6.07) is 5.36. The van der Waals surface area contributed by atoms with Crippen LogP contribution in [0.15, 0.2) is 12.1 Å². The second kappa shape index (κ2) is 7.45. The van der Waals surface area contributed by atoms with Gasteiger partial charge >= 0.3 is 0 Å². The highest BCUT2D eigenvalue weighted by molar-refractivity contribution is 5.40. The number of benzene rings is 1. The minimum atomic E-state index is 0.230. The Morgan fingerprint density at radius 3 is 1.90 bits per heavy atom. The standard InChI is InChI=1S/C20H35N/c1-14(2)9-10-18(21-8)13-19-15(3)11-17(12-16(19)4)20(5,6)7/h11-12,14,18,21H,9-10,13H2,1-8H3. The molecule has 1 N–H and O–H groups in total. The molecule has 0 aliphatic heterocycles. The Labute approximate surface area is 132 Å². The van der Waals surface area contributed by atoms with Crippen molar-refractivity contribution in [3.63, 3.8) is 0 Å². The minimum absolute atomic E-state index is 0.230. The predicted octanol–water partition coefficient (Wildman–Crippen LogP) is 5.17. The van der Waals surface area contributed by atoms with Crippen molar-refractivity contribution in [2.24, 2.45) is 5.92 Å². The van der Waals surface area contributed by atoms with Gasteiger partial charge in [0.1, 0.15) is 0 Å². The van der Waals surface area contributed by atoms with E-state index >= 15 is 0 Å². The van der Waals surface area contributed by atoms with Crippen LogP contribution < -0.4 is 5.32 Å². The zero-order valence-corrected chi connectivity index (χ0v) is 15.4. The molecule has 120 valence electrons. The first-order valence-electron chi connectivity index (χ1n) is 8.43. The molecule has 1 rings (SSSR count). The molecule has 0 heterocycles. The molecule has 1 aromatic rings. The number of hydrogen-bond acceptors (Lipinski definition) is 1. The molecule has 21 heavy (non-hydrogen) atoms. The van der Waals surface area contributed by atoms with E-state index in [1.807, 2.05) is 0 Å². The summed E-state index contributed by atoms with van der Waals surface area (Å²) >= 11 is 0. The summed E-state index contributed by atoms with van der Waals surface area (Å²) in [5.41, 5.74) is 6.11. The number of hydrogen-bond donors (Lipinski definition) is 1. The van der Waals surface area contributed by atoms with Gasteiger partial charge < -0.3 is 5.32 Å². The van der Waals surface area contributed by atoms with E-state index in [0.717, 1.165) is 12.3 Å². The smallest absolute Gasteiger partial charge is 0.0105 e. The highest BCUT2D eigenvalue weighted by Crippen LogP contribution is 2.28. The molecule has 1 atom stereocenters. The Bertz CT molecular complexity index is 428. The Kier molecular flexibility index (Phi) is 6.46. The van der Waals surface area contributed by atoms with Gasteiger partial charge in [0.05, 0.1) is 0 Å². The molecule has 0 amide bonds. The molecule has 0 bridgehead atoms. The molecule has 0 fully saturated rings. The van der Waals surface area contributed by atoms with Crippen LogP contribution in [0.3, 0.4) is 0 Å². The topological polar surface area (TPSA) is 12.0 Å². The zero-order chi connectivity index (χ0) is 16.2. The Hall–Kier alpha value is -0.820. The van der Waals surface area contributed by atoms with Crippen LogP contribution in [0.5, 0.6) is 0 Å². The van der Waals surface area contributed by atoms with Gasteiger partial charge in [-0.1, -0.05) is 46.8 Å². The molecule has 1 aromatic carbocycles. The van der Waals surface area contributed by atoms with Crippen LogP contribution in [0.1, 0.15) is 69.7 Å². The van der Waals surface area contributed by atoms with Gasteiger partial charge in [0.2, 0.25) is 0 Å². The summed E-state index contributed by atoms with van der Waals surface area (Å²) in [6.45, 7) is 16.0. The van der Waals surface area contributed by atoms with Gasteiger partial charge in [-0.05, 0) is 73.7 Å². The lowest BCUT2D eigenvalue weighted by Gasteiger charge is -2.24. The number of nitrogens with one attached hydrogen (secondary N) is 1. The molecule has 0 radical (unpaired) electrons. The summed E-state index contributed by atoms with van der Waals surface area (Å²) in [4.78, 5) is 0. The van der Waals surface area contributed by atoms with Crippen molar-refractivity contribution in [1.82, 2.24) is 5.32 Å². The van der Waals surface area contributed by atoms with Crippen molar-refractivity contribution in [2.45, 2.75) is 79.2 Å². The SMILES string of the molecule is CNC(CCC(C)C)Cc1c(C)cc(C(C)(C)C)cc1C. The van der Waals surface area contributed by atoms with Gasteiger partial charge in [0, 0.05) is 6.04 Å². The maximum Gasteiger partial charge on any atom is 0.0105 e. The van der Waals surface area contributed by atoms with E-state index in [2.05, 4.69) is 73.0 Å². The maximum atomic E-state index is 3.51. The highest BCUT2D eigenvalue weighted by Gasteiger charge is 2.18. The van der Waals surface area contributed by atoms with Crippen molar-refractivity contribution in [3.05, 3.63) is 34.4 Å². The maximum absolute atomic E-state index is 3.51. The second-order valence-corrected chi connectivity index (χ2v) is 8.00. The lowest BCUT2D eigenvalue weighted by Crippen LogP contribution is -2.28. The van der Waals surface area contributed by atoms with Crippen LogP contribution in [0.25, 0.3) is 0 Å². The summed E-state index contributed by atoms with van der Waals surface area (Å²) in [6.07, 6.45) is 3.70. The molecule has 0 aliphatic carbocycles. The third kappa shape index (κ3) is 5.47. The number of aryl methyl sites for hydroxylation is 2. The first kappa shape index (κ1) is 18.2. The molecule has 1 nitrogen and oxygen atoms in total. The average molecular weight is 290 g/mol. The molecule has 0 saturated carbocycles. The lowest BCUT2D eigenvalue weighted by molar-refractivity contribution is 0.449. The summed E-state index contributed by atoms with van der Waals surface area (Å²) in [5.74, 6) is 0.784. The van der Waals surface area contributed by atoms with Crippen LogP contribution in [0.4, 0.5) is 0 Å². The Balaban J connectivity index is 2.93. The molecule has 1 unspecified atom stereocenters. The van der Waals surface area contributed by atoms with E-state index in [1.165, 1.54) is 35.1 Å². The van der Waals surface area contributed by atoms with Crippen molar-refractivity contribution >= 4 is 0 Å². The summed E-state index contributed by atoms with van der Waals surface area (Å²) in [7, 11) is 2.10. The molecule has 0 spiro atoms. The summed E-state index contributed by atoms with van der Waals surface area (Å²) in [5, 5.41) is 3.51. The van der Waals surface area contributed by atoms with Crippen LogP contribution >= 0.6 is 0 Å². The number of rotatable bonds is 6. The van der Waals surface area contributed by atoms with Crippen molar-refractivity contribution < 1.29 is 0 Å². The van der Waals surface area contributed by atoms with Gasteiger partial charge in [0.25, 0.3) is 0 Å². The van der Waals surface area contributed by atoms with Gasteiger partial charge in [0.15, 0.2) is 0 Å². The van der Waals surface area contributed by atoms with Crippen LogP contribution in [0, 0.1) is 19.8 Å². The Morgan fingerprint density at radius 1 is 1.00 bits per heavy atom. The van der Waals surface area contributed by atoms with E-state index in [1.54, 1.807) is 0 Å². The highest BCUT2D eigenvalue weighted by atomic mass is 14.9. The summed E-state index contributed by atoms with van der Waals surface area (Å²) < 4.78 is 0. The van der Waals surface area contributed by atoms with Gasteiger partial charge in [-0.25, -0.2) is 0 Å². The van der Waals surface area contributed by atoms with E-state index in [9.17, 15) is 0 Å².